The molecule has 0 saturated heterocycles. The molecule has 0 amide bonds. The maximum atomic E-state index is 12.6. The van der Waals surface area contributed by atoms with Gasteiger partial charge >= 0.3 is 5.97 Å². The zero-order valence-electron chi connectivity index (χ0n) is 12.0. The smallest absolute Gasteiger partial charge is 0.320 e. The number of hydrogen-bond acceptors (Lipinski definition) is 4. The van der Waals surface area contributed by atoms with Crippen molar-refractivity contribution >= 4 is 11.8 Å². The molecule has 0 fully saturated rings. The minimum absolute atomic E-state index is 0.113. The van der Waals surface area contributed by atoms with E-state index in [1.165, 1.54) is 0 Å². The second kappa shape index (κ2) is 4.77. The molecule has 5 heteroatoms. The minimum atomic E-state index is -0.345. The zero-order valence-corrected chi connectivity index (χ0v) is 12.0. The molecule has 1 aliphatic rings. The van der Waals surface area contributed by atoms with Gasteiger partial charge in [-0.2, -0.15) is 0 Å². The maximum absolute atomic E-state index is 12.6. The molecule has 0 N–H and O–H groups in total. The molecule has 1 aromatic heterocycles. The molecular formula is C16H15NO4. The number of carbonyl (C=O) groups is 2. The third-order valence-electron chi connectivity index (χ3n) is 3.80. The normalized spacial score (nSPS) is 16.5. The summed E-state index contributed by atoms with van der Waals surface area (Å²) in [7, 11) is 3.35. The number of benzene rings is 1. The average molecular weight is 285 g/mol. The number of hydrogen-bond donors (Lipinski definition) is 0. The fraction of sp³-hybridized carbons (Fsp3) is 0.250. The SMILES string of the molecule is COc1ccc(C(=O)c2cc3c(n2C)C(C)C(=O)O3)cc1. The maximum Gasteiger partial charge on any atom is 0.320 e. The Kier molecular flexibility index (Phi) is 3.05. The topological polar surface area (TPSA) is 57.5 Å². The highest BCUT2D eigenvalue weighted by atomic mass is 16.5. The quantitative estimate of drug-likeness (QED) is 0.641. The highest BCUT2D eigenvalue weighted by molar-refractivity contribution is 6.09. The van der Waals surface area contributed by atoms with Crippen LogP contribution >= 0.6 is 0 Å². The number of esters is 1. The van der Waals surface area contributed by atoms with Crippen molar-refractivity contribution in [3.63, 3.8) is 0 Å². The van der Waals surface area contributed by atoms with Crippen LogP contribution in [-0.4, -0.2) is 23.4 Å². The van der Waals surface area contributed by atoms with E-state index in [9.17, 15) is 9.59 Å². The molecule has 1 atom stereocenters. The number of nitrogens with zero attached hydrogens (tertiary/aromatic N) is 1. The predicted molar refractivity (Wildman–Crippen MR) is 75.9 cm³/mol. The summed E-state index contributed by atoms with van der Waals surface area (Å²) in [5.41, 5.74) is 1.82. The van der Waals surface area contributed by atoms with Crippen LogP contribution in [0.4, 0.5) is 0 Å². The van der Waals surface area contributed by atoms with Gasteiger partial charge in [0, 0.05) is 18.7 Å². The summed E-state index contributed by atoms with van der Waals surface area (Å²) < 4.78 is 12.0. The lowest BCUT2D eigenvalue weighted by atomic mass is 10.1. The van der Waals surface area contributed by atoms with Crippen LogP contribution in [0.3, 0.4) is 0 Å². The second-order valence-electron chi connectivity index (χ2n) is 5.04. The Balaban J connectivity index is 1.98. The number of rotatable bonds is 3. The van der Waals surface area contributed by atoms with Gasteiger partial charge in [0.25, 0.3) is 0 Å². The van der Waals surface area contributed by atoms with E-state index in [0.29, 0.717) is 22.8 Å². The Bertz CT molecular complexity index is 727. The molecule has 3 rings (SSSR count). The van der Waals surface area contributed by atoms with E-state index in [0.717, 1.165) is 5.69 Å². The van der Waals surface area contributed by atoms with E-state index in [4.69, 9.17) is 9.47 Å². The zero-order chi connectivity index (χ0) is 15.1. The Morgan fingerprint density at radius 3 is 2.52 bits per heavy atom. The lowest BCUT2D eigenvalue weighted by Gasteiger charge is -2.08. The molecule has 108 valence electrons. The molecule has 0 saturated carbocycles. The third-order valence-corrected chi connectivity index (χ3v) is 3.80. The van der Waals surface area contributed by atoms with Gasteiger partial charge in [-0.25, -0.2) is 0 Å². The first-order valence-electron chi connectivity index (χ1n) is 6.63. The molecule has 5 nitrogen and oxygen atoms in total. The van der Waals surface area contributed by atoms with Gasteiger partial charge in [-0.3, -0.25) is 9.59 Å². The summed E-state index contributed by atoms with van der Waals surface area (Å²) >= 11 is 0. The molecule has 1 unspecified atom stereocenters. The summed E-state index contributed by atoms with van der Waals surface area (Å²) in [6, 6.07) is 8.55. The number of methoxy groups -OCH3 is 1. The fourth-order valence-electron chi connectivity index (χ4n) is 2.59. The summed E-state index contributed by atoms with van der Waals surface area (Å²) in [5.74, 6) is 0.439. The number of ether oxygens (including phenoxy) is 2. The van der Waals surface area contributed by atoms with Gasteiger partial charge in [0.1, 0.15) is 5.75 Å². The van der Waals surface area contributed by atoms with Gasteiger partial charge in [0.15, 0.2) is 5.75 Å². The van der Waals surface area contributed by atoms with E-state index < -0.39 is 0 Å². The van der Waals surface area contributed by atoms with Crippen molar-refractivity contribution < 1.29 is 19.1 Å². The molecule has 0 aliphatic carbocycles. The Hall–Kier alpha value is -2.56. The van der Waals surface area contributed by atoms with Crippen LogP contribution in [0.5, 0.6) is 11.5 Å². The van der Waals surface area contributed by atoms with Crippen molar-refractivity contribution in [1.82, 2.24) is 4.57 Å². The predicted octanol–water partition coefficient (Wildman–Crippen LogP) is 2.29. The number of ketones is 1. The van der Waals surface area contributed by atoms with Crippen LogP contribution in [0.25, 0.3) is 0 Å². The van der Waals surface area contributed by atoms with Crippen molar-refractivity contribution in [3.05, 3.63) is 47.3 Å². The van der Waals surface area contributed by atoms with E-state index in [1.54, 1.807) is 56.0 Å². The first-order valence-corrected chi connectivity index (χ1v) is 6.63. The Labute approximate surface area is 122 Å². The molecule has 1 aromatic carbocycles. The highest BCUT2D eigenvalue weighted by Crippen LogP contribution is 2.37. The summed E-state index contributed by atoms with van der Waals surface area (Å²) in [6.45, 7) is 1.77. The standard InChI is InChI=1S/C16H15NO4/c1-9-14-13(21-16(9)19)8-12(17(14)2)15(18)10-4-6-11(20-3)7-5-10/h4-9H,1-3H3. The second-order valence-corrected chi connectivity index (χ2v) is 5.04. The first-order chi connectivity index (χ1) is 10.0. The molecule has 0 spiro atoms. The Morgan fingerprint density at radius 1 is 1.29 bits per heavy atom. The molecule has 0 bridgehead atoms. The van der Waals surface area contributed by atoms with Crippen molar-refractivity contribution in [2.45, 2.75) is 12.8 Å². The fourth-order valence-corrected chi connectivity index (χ4v) is 2.59. The molecule has 2 aromatic rings. The summed E-state index contributed by atoms with van der Waals surface area (Å²) in [4.78, 5) is 24.1. The van der Waals surface area contributed by atoms with Gasteiger partial charge in [0.2, 0.25) is 5.78 Å². The molecule has 1 aliphatic heterocycles. The Morgan fingerprint density at radius 2 is 1.95 bits per heavy atom. The van der Waals surface area contributed by atoms with Crippen LogP contribution in [0, 0.1) is 0 Å². The van der Waals surface area contributed by atoms with Crippen LogP contribution in [0.1, 0.15) is 34.6 Å². The lowest BCUT2D eigenvalue weighted by Crippen LogP contribution is -2.14. The van der Waals surface area contributed by atoms with Crippen LogP contribution in [0.15, 0.2) is 30.3 Å². The monoisotopic (exact) mass is 285 g/mol. The number of carbonyl (C=O) groups excluding carboxylic acids is 2. The number of aromatic nitrogens is 1. The van der Waals surface area contributed by atoms with E-state index in [2.05, 4.69) is 0 Å². The van der Waals surface area contributed by atoms with Crippen LogP contribution in [-0.2, 0) is 11.8 Å². The van der Waals surface area contributed by atoms with E-state index >= 15 is 0 Å². The van der Waals surface area contributed by atoms with Crippen molar-refractivity contribution in [1.29, 1.82) is 0 Å². The lowest BCUT2D eigenvalue weighted by molar-refractivity contribution is -0.133. The van der Waals surface area contributed by atoms with Crippen molar-refractivity contribution in [3.8, 4) is 11.5 Å². The average Bonchev–Trinajstić information content (AvgIpc) is 2.96. The van der Waals surface area contributed by atoms with Gasteiger partial charge in [0.05, 0.1) is 24.4 Å². The van der Waals surface area contributed by atoms with Gasteiger partial charge in [-0.15, -0.1) is 0 Å². The highest BCUT2D eigenvalue weighted by Gasteiger charge is 2.34. The van der Waals surface area contributed by atoms with Gasteiger partial charge in [-0.05, 0) is 31.2 Å². The van der Waals surface area contributed by atoms with Crippen molar-refractivity contribution in [2.24, 2.45) is 7.05 Å². The molecule has 0 radical (unpaired) electrons. The van der Waals surface area contributed by atoms with Crippen molar-refractivity contribution in [2.75, 3.05) is 7.11 Å². The van der Waals surface area contributed by atoms with Crippen LogP contribution < -0.4 is 9.47 Å². The number of fused-ring (bicyclic) bond motifs is 1. The van der Waals surface area contributed by atoms with E-state index in [1.807, 2.05) is 0 Å². The molecule has 21 heavy (non-hydrogen) atoms. The molecular weight excluding hydrogens is 270 g/mol. The van der Waals surface area contributed by atoms with Crippen LogP contribution in [0.2, 0.25) is 0 Å². The largest absolute Gasteiger partial charge is 0.497 e. The minimum Gasteiger partial charge on any atom is -0.497 e. The molecule has 2 heterocycles. The van der Waals surface area contributed by atoms with E-state index in [-0.39, 0.29) is 17.7 Å². The first kappa shape index (κ1) is 13.4. The summed E-state index contributed by atoms with van der Waals surface area (Å²) in [6.07, 6.45) is 0. The third kappa shape index (κ3) is 2.01. The van der Waals surface area contributed by atoms with Gasteiger partial charge in [-0.1, -0.05) is 0 Å². The van der Waals surface area contributed by atoms with Gasteiger partial charge < -0.3 is 14.0 Å². The summed E-state index contributed by atoms with van der Waals surface area (Å²) in [5, 5.41) is 0.